The zero-order valence-corrected chi connectivity index (χ0v) is 12.2. The predicted octanol–water partition coefficient (Wildman–Crippen LogP) is 3.97. The summed E-state index contributed by atoms with van der Waals surface area (Å²) in [4.78, 5) is 20.0. The first kappa shape index (κ1) is 15.4. The molecule has 0 heterocycles. The van der Waals surface area contributed by atoms with Crippen LogP contribution < -0.4 is 0 Å². The largest absolute Gasteiger partial charge is 0.336 e. The van der Waals surface area contributed by atoms with Gasteiger partial charge in [0.05, 0.1) is 0 Å². The SMILES string of the molecule is C=CCC1CCCCC1(c1ccccc1F)P(=O)(O)O. The molecule has 1 aromatic rings. The van der Waals surface area contributed by atoms with E-state index in [1.54, 1.807) is 12.1 Å². The molecule has 1 fully saturated rings. The van der Waals surface area contributed by atoms with Gasteiger partial charge in [0.2, 0.25) is 0 Å². The molecular formula is C15H20FO3P. The van der Waals surface area contributed by atoms with E-state index < -0.39 is 18.6 Å². The van der Waals surface area contributed by atoms with Crippen molar-refractivity contribution in [2.24, 2.45) is 5.92 Å². The Labute approximate surface area is 118 Å². The second-order valence-electron chi connectivity index (χ2n) is 5.42. The molecule has 0 spiro atoms. The molecular weight excluding hydrogens is 278 g/mol. The third-order valence-electron chi connectivity index (χ3n) is 4.35. The van der Waals surface area contributed by atoms with Crippen LogP contribution in [0.5, 0.6) is 0 Å². The summed E-state index contributed by atoms with van der Waals surface area (Å²) in [7, 11) is -4.49. The molecule has 3 nitrogen and oxygen atoms in total. The van der Waals surface area contributed by atoms with Crippen LogP contribution in [0.2, 0.25) is 0 Å². The topological polar surface area (TPSA) is 57.5 Å². The average Bonchev–Trinajstić information content (AvgIpc) is 2.39. The molecule has 0 amide bonds. The third kappa shape index (κ3) is 2.48. The van der Waals surface area contributed by atoms with Gasteiger partial charge in [-0.05, 0) is 31.2 Å². The van der Waals surface area contributed by atoms with Gasteiger partial charge in [-0.3, -0.25) is 4.57 Å². The van der Waals surface area contributed by atoms with Crippen molar-refractivity contribution >= 4 is 7.60 Å². The van der Waals surface area contributed by atoms with Crippen LogP contribution >= 0.6 is 7.60 Å². The van der Waals surface area contributed by atoms with Gasteiger partial charge in [-0.2, -0.15) is 0 Å². The minimum Gasteiger partial charge on any atom is -0.324 e. The Morgan fingerprint density at radius 3 is 2.70 bits per heavy atom. The Bertz CT molecular complexity index is 540. The Hall–Kier alpha value is -0.960. The molecule has 0 bridgehead atoms. The quantitative estimate of drug-likeness (QED) is 0.653. The van der Waals surface area contributed by atoms with Crippen LogP contribution in [0.3, 0.4) is 0 Å². The fraction of sp³-hybridized carbons (Fsp3) is 0.467. The van der Waals surface area contributed by atoms with Crippen molar-refractivity contribution in [3.63, 3.8) is 0 Å². The van der Waals surface area contributed by atoms with Crippen LogP contribution in [0.25, 0.3) is 0 Å². The smallest absolute Gasteiger partial charge is 0.324 e. The molecule has 2 unspecified atom stereocenters. The molecule has 110 valence electrons. The highest BCUT2D eigenvalue weighted by atomic mass is 31.2. The summed E-state index contributed by atoms with van der Waals surface area (Å²) >= 11 is 0. The first-order valence-corrected chi connectivity index (χ1v) is 8.46. The number of benzene rings is 1. The van der Waals surface area contributed by atoms with Gasteiger partial charge in [-0.25, -0.2) is 4.39 Å². The molecule has 0 radical (unpaired) electrons. The predicted molar refractivity (Wildman–Crippen MR) is 76.9 cm³/mol. The monoisotopic (exact) mass is 298 g/mol. The fourth-order valence-electron chi connectivity index (χ4n) is 3.45. The second kappa shape index (κ2) is 5.80. The molecule has 2 N–H and O–H groups in total. The molecule has 1 aromatic carbocycles. The van der Waals surface area contributed by atoms with Crippen molar-refractivity contribution in [2.75, 3.05) is 0 Å². The van der Waals surface area contributed by atoms with E-state index in [1.807, 2.05) is 0 Å². The summed E-state index contributed by atoms with van der Waals surface area (Å²) in [5.74, 6) is -0.807. The highest BCUT2D eigenvalue weighted by molar-refractivity contribution is 7.53. The minimum atomic E-state index is -4.49. The van der Waals surface area contributed by atoms with Gasteiger partial charge < -0.3 is 9.79 Å². The van der Waals surface area contributed by atoms with Gasteiger partial charge in [0.15, 0.2) is 0 Å². The number of rotatable bonds is 4. The van der Waals surface area contributed by atoms with Crippen molar-refractivity contribution in [1.29, 1.82) is 0 Å². The molecule has 0 aromatic heterocycles. The van der Waals surface area contributed by atoms with Gasteiger partial charge in [0.25, 0.3) is 0 Å². The van der Waals surface area contributed by atoms with Crippen LogP contribution in [0.1, 0.15) is 37.7 Å². The van der Waals surface area contributed by atoms with E-state index in [-0.39, 0.29) is 11.5 Å². The Morgan fingerprint density at radius 1 is 1.40 bits per heavy atom. The molecule has 2 atom stereocenters. The zero-order valence-electron chi connectivity index (χ0n) is 11.3. The van der Waals surface area contributed by atoms with Crippen molar-refractivity contribution in [3.05, 3.63) is 48.3 Å². The number of halogens is 1. The maximum Gasteiger partial charge on any atom is 0.336 e. The molecule has 2 rings (SSSR count). The van der Waals surface area contributed by atoms with Gasteiger partial charge in [0, 0.05) is 5.56 Å². The van der Waals surface area contributed by atoms with Gasteiger partial charge >= 0.3 is 7.60 Å². The van der Waals surface area contributed by atoms with Crippen molar-refractivity contribution in [2.45, 2.75) is 37.3 Å². The maximum atomic E-state index is 14.2. The molecule has 5 heteroatoms. The first-order chi connectivity index (χ1) is 9.43. The molecule has 1 saturated carbocycles. The van der Waals surface area contributed by atoms with Gasteiger partial charge in [-0.15, -0.1) is 6.58 Å². The Balaban J connectivity index is 2.64. The Morgan fingerprint density at radius 2 is 2.10 bits per heavy atom. The minimum absolute atomic E-state index is 0.153. The van der Waals surface area contributed by atoms with E-state index in [4.69, 9.17) is 0 Å². The highest BCUT2D eigenvalue weighted by Gasteiger charge is 2.55. The van der Waals surface area contributed by atoms with E-state index in [0.29, 0.717) is 25.7 Å². The van der Waals surface area contributed by atoms with Crippen molar-refractivity contribution < 1.29 is 18.7 Å². The van der Waals surface area contributed by atoms with Crippen molar-refractivity contribution in [3.8, 4) is 0 Å². The molecule has 1 aliphatic carbocycles. The standard InChI is InChI=1S/C15H20FO3P/c1-2-7-12-8-5-6-11-15(12,20(17,18)19)13-9-3-4-10-14(13)16/h2-4,9-10,12H,1,5-8,11H2,(H2,17,18,19). The van der Waals surface area contributed by atoms with Gasteiger partial charge in [0.1, 0.15) is 11.0 Å². The summed E-state index contributed by atoms with van der Waals surface area (Å²) in [6, 6.07) is 5.95. The van der Waals surface area contributed by atoms with Crippen LogP contribution in [0.15, 0.2) is 36.9 Å². The molecule has 0 aliphatic heterocycles. The normalized spacial score (nSPS) is 27.2. The highest BCUT2D eigenvalue weighted by Crippen LogP contribution is 2.66. The van der Waals surface area contributed by atoms with E-state index in [1.165, 1.54) is 18.2 Å². The second-order valence-corrected chi connectivity index (χ2v) is 7.30. The van der Waals surface area contributed by atoms with E-state index in [2.05, 4.69) is 6.58 Å². The van der Waals surface area contributed by atoms with Crippen LogP contribution in [-0.4, -0.2) is 9.79 Å². The fourth-order valence-corrected chi connectivity index (χ4v) is 5.10. The average molecular weight is 298 g/mol. The van der Waals surface area contributed by atoms with Crippen LogP contribution in [0.4, 0.5) is 4.39 Å². The van der Waals surface area contributed by atoms with E-state index in [0.717, 1.165) is 6.42 Å². The lowest BCUT2D eigenvalue weighted by atomic mass is 9.73. The van der Waals surface area contributed by atoms with Crippen molar-refractivity contribution in [1.82, 2.24) is 0 Å². The summed E-state index contributed by atoms with van der Waals surface area (Å²) < 4.78 is 26.4. The first-order valence-electron chi connectivity index (χ1n) is 6.85. The van der Waals surface area contributed by atoms with Crippen LogP contribution in [-0.2, 0) is 9.72 Å². The lowest BCUT2D eigenvalue weighted by Gasteiger charge is -2.44. The lowest BCUT2D eigenvalue weighted by molar-refractivity contribution is 0.206. The van der Waals surface area contributed by atoms with Crippen LogP contribution in [0, 0.1) is 11.7 Å². The summed E-state index contributed by atoms with van der Waals surface area (Å²) in [6.45, 7) is 3.67. The zero-order chi connectivity index (χ0) is 14.8. The van der Waals surface area contributed by atoms with E-state index in [9.17, 15) is 18.7 Å². The number of hydrogen-bond acceptors (Lipinski definition) is 1. The summed E-state index contributed by atoms with van der Waals surface area (Å²) in [6.07, 6.45) is 4.77. The molecule has 0 saturated heterocycles. The van der Waals surface area contributed by atoms with E-state index >= 15 is 0 Å². The number of hydrogen-bond donors (Lipinski definition) is 2. The molecule has 1 aliphatic rings. The third-order valence-corrected chi connectivity index (χ3v) is 6.22. The summed E-state index contributed by atoms with van der Waals surface area (Å²) in [5.41, 5.74) is 0.153. The Kier molecular flexibility index (Phi) is 4.48. The summed E-state index contributed by atoms with van der Waals surface area (Å²) in [5, 5.41) is -1.41. The number of allylic oxidation sites excluding steroid dienone is 1. The lowest BCUT2D eigenvalue weighted by Crippen LogP contribution is -2.38. The van der Waals surface area contributed by atoms with Gasteiger partial charge in [-0.1, -0.05) is 37.1 Å². The molecule has 20 heavy (non-hydrogen) atoms. The maximum absolute atomic E-state index is 14.2.